The van der Waals surface area contributed by atoms with Crippen LogP contribution in [-0.2, 0) is 0 Å². The fourth-order valence-electron chi connectivity index (χ4n) is 1.93. The van der Waals surface area contributed by atoms with E-state index in [1.54, 1.807) is 6.07 Å². The normalized spacial score (nSPS) is 11.2. The molecule has 2 rings (SSSR count). The number of nitriles is 1. The number of rotatable bonds is 3. The van der Waals surface area contributed by atoms with Gasteiger partial charge in [-0.1, -0.05) is 23.2 Å². The molecule has 0 aliphatic rings. The van der Waals surface area contributed by atoms with Gasteiger partial charge in [0.2, 0.25) is 0 Å². The highest BCUT2D eigenvalue weighted by Gasteiger charge is 2.32. The number of aromatic amines is 1. The van der Waals surface area contributed by atoms with Gasteiger partial charge in [-0.15, -0.1) is 13.2 Å². The number of ketones is 1. The molecule has 5 nitrogen and oxygen atoms in total. The van der Waals surface area contributed by atoms with Crippen LogP contribution in [0.2, 0.25) is 10.0 Å². The topological polar surface area (TPSA) is 78.8 Å². The predicted octanol–water partition coefficient (Wildman–Crippen LogP) is 4.36. The van der Waals surface area contributed by atoms with E-state index in [0.29, 0.717) is 0 Å². The molecule has 0 spiro atoms. The van der Waals surface area contributed by atoms with Crippen molar-refractivity contribution in [1.82, 2.24) is 10.2 Å². The molecule has 0 saturated heterocycles. The molecule has 23 heavy (non-hydrogen) atoms. The Morgan fingerprint density at radius 2 is 1.91 bits per heavy atom. The van der Waals surface area contributed by atoms with Crippen LogP contribution in [0, 0.1) is 11.3 Å². The Kier molecular flexibility index (Phi) is 4.54. The minimum Gasteiger partial charge on any atom is -0.406 e. The van der Waals surface area contributed by atoms with Crippen LogP contribution >= 0.6 is 23.2 Å². The molecule has 0 aliphatic heterocycles. The Labute approximate surface area is 137 Å². The number of hydrogen-bond acceptors (Lipinski definition) is 4. The minimum absolute atomic E-state index is 0.0436. The Morgan fingerprint density at radius 3 is 2.35 bits per heavy atom. The van der Waals surface area contributed by atoms with Gasteiger partial charge in [0, 0.05) is 5.56 Å². The molecule has 0 fully saturated rings. The summed E-state index contributed by atoms with van der Waals surface area (Å²) < 4.78 is 40.5. The molecule has 0 radical (unpaired) electrons. The number of H-pyrrole nitrogens is 1. The van der Waals surface area contributed by atoms with Crippen LogP contribution in [0.1, 0.15) is 23.0 Å². The van der Waals surface area contributed by atoms with Crippen molar-refractivity contribution in [1.29, 1.82) is 5.26 Å². The molecule has 0 unspecified atom stereocenters. The number of benzene rings is 1. The summed E-state index contributed by atoms with van der Waals surface area (Å²) in [6, 6.07) is 3.52. The first kappa shape index (κ1) is 17.1. The molecule has 0 atom stereocenters. The Bertz CT molecular complexity index is 802. The number of halogens is 5. The molecule has 10 heteroatoms. The van der Waals surface area contributed by atoms with Gasteiger partial charge in [-0.2, -0.15) is 10.4 Å². The van der Waals surface area contributed by atoms with E-state index in [-0.39, 0.29) is 32.6 Å². The highest BCUT2D eigenvalue weighted by atomic mass is 35.5. The van der Waals surface area contributed by atoms with Crippen molar-refractivity contribution in [2.24, 2.45) is 0 Å². The van der Waals surface area contributed by atoms with E-state index >= 15 is 0 Å². The van der Waals surface area contributed by atoms with Crippen molar-refractivity contribution in [3.05, 3.63) is 33.4 Å². The zero-order chi connectivity index (χ0) is 17.4. The van der Waals surface area contributed by atoms with Gasteiger partial charge >= 0.3 is 6.36 Å². The van der Waals surface area contributed by atoms with E-state index in [1.165, 1.54) is 6.92 Å². The highest BCUT2D eigenvalue weighted by Crippen LogP contribution is 2.40. The maximum absolute atomic E-state index is 12.2. The molecule has 0 amide bonds. The molecular weight excluding hydrogens is 358 g/mol. The van der Waals surface area contributed by atoms with Crippen molar-refractivity contribution in [3.8, 4) is 23.1 Å². The average molecular weight is 364 g/mol. The summed E-state index contributed by atoms with van der Waals surface area (Å²) in [6.45, 7) is 1.21. The van der Waals surface area contributed by atoms with Crippen LogP contribution in [0.4, 0.5) is 13.2 Å². The third-order valence-corrected chi connectivity index (χ3v) is 3.32. The van der Waals surface area contributed by atoms with E-state index in [2.05, 4.69) is 14.9 Å². The lowest BCUT2D eigenvalue weighted by Gasteiger charge is -2.12. The van der Waals surface area contributed by atoms with Crippen molar-refractivity contribution in [2.75, 3.05) is 0 Å². The van der Waals surface area contributed by atoms with Crippen molar-refractivity contribution in [3.63, 3.8) is 0 Å². The molecule has 2 aromatic rings. The molecule has 1 aromatic heterocycles. The Balaban J connectivity index is 2.61. The number of aromatic nitrogens is 2. The standard InChI is InChI=1S/C13H6Cl2F3N3O2/c1-5(22)10-9(4-19)20-21-12(10)11-7(14)2-6(3-8(11)15)23-13(16,17)18/h2-3H,1H3,(H,20,21). The fraction of sp³-hybridized carbons (Fsp3) is 0.154. The number of nitrogens with one attached hydrogen (secondary N) is 1. The fourth-order valence-corrected chi connectivity index (χ4v) is 2.58. The highest BCUT2D eigenvalue weighted by molar-refractivity contribution is 6.39. The van der Waals surface area contributed by atoms with Crippen LogP contribution in [-0.4, -0.2) is 22.3 Å². The molecular formula is C13H6Cl2F3N3O2. The summed E-state index contributed by atoms with van der Waals surface area (Å²) in [4.78, 5) is 11.7. The van der Waals surface area contributed by atoms with Gasteiger partial charge in [0.05, 0.1) is 21.3 Å². The largest absolute Gasteiger partial charge is 0.573 e. The SMILES string of the molecule is CC(=O)c1c(C#N)n[nH]c1-c1c(Cl)cc(OC(F)(F)F)cc1Cl. The van der Waals surface area contributed by atoms with Crippen LogP contribution in [0.25, 0.3) is 11.3 Å². The number of nitrogens with zero attached hydrogens (tertiary/aromatic N) is 2. The van der Waals surface area contributed by atoms with Gasteiger partial charge in [0.15, 0.2) is 11.5 Å². The van der Waals surface area contributed by atoms with Crippen molar-refractivity contribution >= 4 is 29.0 Å². The number of ether oxygens (including phenoxy) is 1. The zero-order valence-electron chi connectivity index (χ0n) is 11.3. The van der Waals surface area contributed by atoms with E-state index in [9.17, 15) is 18.0 Å². The molecule has 1 N–H and O–H groups in total. The second kappa shape index (κ2) is 6.10. The number of hydrogen-bond donors (Lipinski definition) is 1. The summed E-state index contributed by atoms with van der Waals surface area (Å²) in [7, 11) is 0. The van der Waals surface area contributed by atoms with Crippen LogP contribution in [0.15, 0.2) is 12.1 Å². The summed E-state index contributed by atoms with van der Waals surface area (Å²) in [5, 5.41) is 14.6. The van der Waals surface area contributed by atoms with Gasteiger partial charge in [0.1, 0.15) is 11.8 Å². The van der Waals surface area contributed by atoms with Gasteiger partial charge in [0.25, 0.3) is 0 Å². The molecule has 0 saturated carbocycles. The second-order valence-corrected chi connectivity index (χ2v) is 5.11. The lowest BCUT2D eigenvalue weighted by molar-refractivity contribution is -0.274. The first-order valence-corrected chi connectivity index (χ1v) is 6.64. The number of Topliss-reactive ketones (excluding diaryl/α,β-unsaturated/α-hetero) is 1. The van der Waals surface area contributed by atoms with E-state index in [1.807, 2.05) is 0 Å². The van der Waals surface area contributed by atoms with E-state index < -0.39 is 17.9 Å². The Hall–Kier alpha value is -2.24. The van der Waals surface area contributed by atoms with Gasteiger partial charge in [-0.05, 0) is 19.1 Å². The molecule has 1 heterocycles. The van der Waals surface area contributed by atoms with Gasteiger partial charge < -0.3 is 4.74 Å². The minimum atomic E-state index is -4.90. The van der Waals surface area contributed by atoms with Crippen LogP contribution < -0.4 is 4.74 Å². The summed E-state index contributed by atoms with van der Waals surface area (Å²) in [6.07, 6.45) is -4.90. The smallest absolute Gasteiger partial charge is 0.406 e. The first-order valence-electron chi connectivity index (χ1n) is 5.88. The van der Waals surface area contributed by atoms with E-state index in [4.69, 9.17) is 28.5 Å². The zero-order valence-corrected chi connectivity index (χ0v) is 12.8. The van der Waals surface area contributed by atoms with Gasteiger partial charge in [-0.3, -0.25) is 9.89 Å². The molecule has 120 valence electrons. The van der Waals surface area contributed by atoms with Crippen LogP contribution in [0.5, 0.6) is 5.75 Å². The van der Waals surface area contributed by atoms with Gasteiger partial charge in [-0.25, -0.2) is 0 Å². The number of carbonyl (C=O) groups is 1. The van der Waals surface area contributed by atoms with Crippen molar-refractivity contribution < 1.29 is 22.7 Å². The second-order valence-electron chi connectivity index (χ2n) is 4.30. The molecule has 1 aromatic carbocycles. The number of carbonyl (C=O) groups excluding carboxylic acids is 1. The predicted molar refractivity (Wildman–Crippen MR) is 75.4 cm³/mol. The maximum Gasteiger partial charge on any atom is 0.573 e. The third-order valence-electron chi connectivity index (χ3n) is 2.72. The Morgan fingerprint density at radius 1 is 1.35 bits per heavy atom. The molecule has 0 aliphatic carbocycles. The van der Waals surface area contributed by atoms with Crippen LogP contribution in [0.3, 0.4) is 0 Å². The quantitative estimate of drug-likeness (QED) is 0.821. The maximum atomic E-state index is 12.2. The third kappa shape index (κ3) is 3.57. The average Bonchev–Trinajstić information content (AvgIpc) is 2.79. The van der Waals surface area contributed by atoms with E-state index in [0.717, 1.165) is 12.1 Å². The summed E-state index contributed by atoms with van der Waals surface area (Å²) in [5.74, 6) is -1.09. The number of alkyl halides is 3. The lowest BCUT2D eigenvalue weighted by atomic mass is 10.0. The first-order chi connectivity index (χ1) is 10.6. The van der Waals surface area contributed by atoms with Crippen molar-refractivity contribution in [2.45, 2.75) is 13.3 Å². The summed E-state index contributed by atoms with van der Waals surface area (Å²) >= 11 is 11.9. The molecule has 0 bridgehead atoms. The lowest BCUT2D eigenvalue weighted by Crippen LogP contribution is -2.17. The monoisotopic (exact) mass is 363 g/mol. The summed E-state index contributed by atoms with van der Waals surface area (Å²) in [5.41, 5.74) is -0.138.